The van der Waals surface area contributed by atoms with Gasteiger partial charge in [-0.15, -0.1) is 0 Å². The minimum absolute atomic E-state index is 0.0145. The van der Waals surface area contributed by atoms with Crippen LogP contribution in [0.3, 0.4) is 0 Å². The summed E-state index contributed by atoms with van der Waals surface area (Å²) in [5.41, 5.74) is 6.96. The topological polar surface area (TPSA) is 268 Å². The molecule has 58 heavy (non-hydrogen) atoms. The third kappa shape index (κ3) is 6.10. The number of anilines is 1. The van der Waals surface area contributed by atoms with Crippen LogP contribution >= 0.6 is 0 Å². The fourth-order valence-corrected chi connectivity index (χ4v) is 9.60. The lowest BCUT2D eigenvalue weighted by Gasteiger charge is -2.44. The summed E-state index contributed by atoms with van der Waals surface area (Å²) in [5, 5.41) is 85.9. The summed E-state index contributed by atoms with van der Waals surface area (Å²) >= 11 is 0. The number of aliphatic imine (C=N–C) groups is 2. The SMILES string of the molecule is NC1CCCC1(c1ccccc1)C1C=CC2(C(=O)O)C1c1cc(O)c(OC3(O)OC(CO)C(O)C(O)C3O)cc1N2C(=O)C=Cc1ccc(O)c(CC2=NCN=C2)c1. The van der Waals surface area contributed by atoms with Crippen LogP contribution in [0.5, 0.6) is 17.2 Å². The number of rotatable bonds is 10. The van der Waals surface area contributed by atoms with Gasteiger partial charge in [-0.25, -0.2) is 4.79 Å². The Morgan fingerprint density at radius 1 is 1.03 bits per heavy atom. The molecule has 1 amide bonds. The second-order valence-corrected chi connectivity index (χ2v) is 15.4. The zero-order chi connectivity index (χ0) is 41.1. The fourth-order valence-electron chi connectivity index (χ4n) is 9.60. The molecule has 0 radical (unpaired) electrons. The first-order valence-electron chi connectivity index (χ1n) is 19.0. The predicted octanol–water partition coefficient (Wildman–Crippen LogP) is 1.22. The highest BCUT2D eigenvalue weighted by Crippen LogP contribution is 2.64. The Balaban J connectivity index is 1.25. The van der Waals surface area contributed by atoms with Crippen molar-refractivity contribution >= 4 is 35.6 Å². The quantitative estimate of drug-likeness (QED) is 0.0795. The van der Waals surface area contributed by atoms with Gasteiger partial charge in [0, 0.05) is 47.7 Å². The average Bonchev–Trinajstić information content (AvgIpc) is 4.01. The highest BCUT2D eigenvalue weighted by atomic mass is 16.8. The van der Waals surface area contributed by atoms with Gasteiger partial charge in [0.2, 0.25) is 0 Å². The van der Waals surface area contributed by atoms with E-state index in [0.717, 1.165) is 23.0 Å². The van der Waals surface area contributed by atoms with Crippen LogP contribution in [-0.4, -0.2) is 120 Å². The molecule has 16 heteroatoms. The molecule has 0 bridgehead atoms. The van der Waals surface area contributed by atoms with E-state index in [1.54, 1.807) is 24.4 Å². The smallest absolute Gasteiger partial charge is 0.355 e. The Kier molecular flexibility index (Phi) is 10.00. The molecule has 3 heterocycles. The lowest BCUT2D eigenvalue weighted by Crippen LogP contribution is -2.67. The summed E-state index contributed by atoms with van der Waals surface area (Å²) in [5.74, 6) is -8.11. The second-order valence-electron chi connectivity index (χ2n) is 15.4. The van der Waals surface area contributed by atoms with Crippen LogP contribution in [0, 0.1) is 5.92 Å². The molecule has 10 N–H and O–H groups in total. The molecule has 1 saturated carbocycles. The molecule has 16 nitrogen and oxygen atoms in total. The van der Waals surface area contributed by atoms with Crippen LogP contribution in [-0.2, 0) is 26.2 Å². The number of aliphatic carboxylic acids is 1. The normalized spacial score (nSPS) is 33.7. The van der Waals surface area contributed by atoms with Crippen molar-refractivity contribution < 1.29 is 59.9 Å². The van der Waals surface area contributed by atoms with Crippen molar-refractivity contribution in [1.29, 1.82) is 0 Å². The number of fused-ring (bicyclic) bond motifs is 3. The van der Waals surface area contributed by atoms with Gasteiger partial charge in [-0.3, -0.25) is 19.7 Å². The summed E-state index contributed by atoms with van der Waals surface area (Å²) in [7, 11) is 0. The van der Waals surface area contributed by atoms with E-state index in [1.165, 1.54) is 30.4 Å². The first-order chi connectivity index (χ1) is 27.7. The standard InChI is InChI=1S/C42H44N4O12/c43-33-7-4-13-40(33,24-5-2-1-3-6-24)27-12-14-41(39(54)55)35(27)26-17-30(49)31(57-42(56)38(53)37(52)36(51)32(20-47)58-42)18-28(26)46(41)34(50)11-9-22-8-10-29(48)23(15-22)16-25-19-44-21-45-25/h1-3,5-6,8-12,14-15,17-19,27,32-33,35-38,47-49,51-53,56H,4,7,13,16,20-21,43H2,(H,54,55). The molecule has 3 aliphatic heterocycles. The van der Waals surface area contributed by atoms with Gasteiger partial charge in [-0.2, -0.15) is 0 Å². The van der Waals surface area contributed by atoms with Crippen LogP contribution in [0.15, 0.2) is 88.9 Å². The van der Waals surface area contributed by atoms with Gasteiger partial charge >= 0.3 is 11.9 Å². The van der Waals surface area contributed by atoms with Gasteiger partial charge in [0.25, 0.3) is 5.91 Å². The number of hydrogen-bond donors (Lipinski definition) is 9. The third-order valence-corrected chi connectivity index (χ3v) is 12.4. The van der Waals surface area contributed by atoms with Crippen LogP contribution < -0.4 is 15.4 Å². The van der Waals surface area contributed by atoms with Crippen molar-refractivity contribution in [3.8, 4) is 17.2 Å². The maximum absolute atomic E-state index is 14.7. The number of benzene rings is 3. The highest BCUT2D eigenvalue weighted by molar-refractivity contribution is 6.32. The average molecular weight is 797 g/mol. The molecular weight excluding hydrogens is 752 g/mol. The molecule has 10 unspecified atom stereocenters. The van der Waals surface area contributed by atoms with E-state index in [1.807, 2.05) is 30.3 Å². The van der Waals surface area contributed by atoms with Gasteiger partial charge < -0.3 is 56.1 Å². The van der Waals surface area contributed by atoms with Crippen molar-refractivity contribution in [1.82, 2.24) is 0 Å². The number of ether oxygens (including phenoxy) is 2. The number of carboxylic acid groups (broad SMARTS) is 1. The minimum atomic E-state index is -3.13. The number of allylic oxidation sites excluding steroid dienone is 1. The predicted molar refractivity (Wildman–Crippen MR) is 208 cm³/mol. The number of phenols is 2. The number of hydrogen-bond acceptors (Lipinski definition) is 14. The molecule has 304 valence electrons. The molecule has 2 fully saturated rings. The number of phenolic OH excluding ortho intramolecular Hbond substituents is 2. The molecule has 8 rings (SSSR count). The van der Waals surface area contributed by atoms with Crippen LogP contribution in [0.2, 0.25) is 0 Å². The van der Waals surface area contributed by atoms with Crippen LogP contribution in [0.4, 0.5) is 5.69 Å². The van der Waals surface area contributed by atoms with E-state index in [9.17, 15) is 50.4 Å². The summed E-state index contributed by atoms with van der Waals surface area (Å²) in [6.07, 6.45) is 2.08. The molecule has 10 atom stereocenters. The van der Waals surface area contributed by atoms with Crippen molar-refractivity contribution in [2.45, 2.75) is 79.0 Å². The van der Waals surface area contributed by atoms with Crippen molar-refractivity contribution in [2.24, 2.45) is 21.6 Å². The third-order valence-electron chi connectivity index (χ3n) is 12.4. The molecule has 0 aromatic heterocycles. The van der Waals surface area contributed by atoms with E-state index in [0.29, 0.717) is 36.3 Å². The number of aliphatic hydroxyl groups is 5. The summed E-state index contributed by atoms with van der Waals surface area (Å²) in [6, 6.07) is 16.3. The van der Waals surface area contributed by atoms with Crippen molar-refractivity contribution in [3.05, 3.63) is 101 Å². The van der Waals surface area contributed by atoms with Gasteiger partial charge in [0.05, 0.1) is 18.0 Å². The number of carbonyl (C=O) groups excluding carboxylic acids is 1. The number of aromatic hydroxyl groups is 2. The van der Waals surface area contributed by atoms with Gasteiger partial charge in [-0.1, -0.05) is 55.0 Å². The summed E-state index contributed by atoms with van der Waals surface area (Å²) in [6.45, 7) is -0.595. The van der Waals surface area contributed by atoms with E-state index in [2.05, 4.69) is 9.98 Å². The molecule has 2 aliphatic carbocycles. The van der Waals surface area contributed by atoms with E-state index < -0.39 is 89.2 Å². The number of nitrogens with zero attached hydrogens (tertiary/aromatic N) is 3. The minimum Gasteiger partial charge on any atom is -0.508 e. The Labute approximate surface area is 332 Å². The van der Waals surface area contributed by atoms with Crippen molar-refractivity contribution in [3.63, 3.8) is 0 Å². The molecular formula is C42H44N4O12. The second kappa shape index (κ2) is 14.7. The summed E-state index contributed by atoms with van der Waals surface area (Å²) < 4.78 is 10.9. The fraction of sp³-hybridized carbons (Fsp3) is 0.381. The zero-order valence-corrected chi connectivity index (χ0v) is 31.1. The molecule has 3 aromatic rings. The largest absolute Gasteiger partial charge is 0.508 e. The number of carboxylic acids is 1. The Bertz CT molecular complexity index is 2250. The Morgan fingerprint density at radius 2 is 1.81 bits per heavy atom. The number of carbonyl (C=O) groups is 2. The Morgan fingerprint density at radius 3 is 2.48 bits per heavy atom. The van der Waals surface area contributed by atoms with E-state index in [4.69, 9.17) is 15.2 Å². The number of amides is 1. The van der Waals surface area contributed by atoms with Crippen LogP contribution in [0.25, 0.3) is 6.08 Å². The lowest BCUT2D eigenvalue weighted by molar-refractivity contribution is -0.422. The first kappa shape index (κ1) is 39.4. The first-order valence-corrected chi connectivity index (χ1v) is 19.0. The number of aliphatic hydroxyl groups excluding tert-OH is 4. The summed E-state index contributed by atoms with van der Waals surface area (Å²) in [4.78, 5) is 38.0. The van der Waals surface area contributed by atoms with Gasteiger partial charge in [0.1, 0.15) is 30.7 Å². The van der Waals surface area contributed by atoms with Crippen LogP contribution in [0.1, 0.15) is 47.4 Å². The molecule has 1 saturated heterocycles. The maximum atomic E-state index is 14.7. The zero-order valence-electron chi connectivity index (χ0n) is 31.1. The Hall–Kier alpha value is -5.46. The monoisotopic (exact) mass is 796 g/mol. The highest BCUT2D eigenvalue weighted by Gasteiger charge is 2.67. The van der Waals surface area contributed by atoms with Gasteiger partial charge in [-0.05, 0) is 59.7 Å². The molecule has 5 aliphatic rings. The molecule has 0 spiro atoms. The van der Waals surface area contributed by atoms with Crippen molar-refractivity contribution in [2.75, 3.05) is 18.2 Å². The molecule has 3 aromatic carbocycles. The van der Waals surface area contributed by atoms with E-state index >= 15 is 0 Å². The lowest BCUT2D eigenvalue weighted by atomic mass is 9.61. The number of nitrogens with two attached hydrogens (primary N) is 1. The van der Waals surface area contributed by atoms with Gasteiger partial charge in [0.15, 0.2) is 23.1 Å². The van der Waals surface area contributed by atoms with E-state index in [-0.39, 0.29) is 23.4 Å². The maximum Gasteiger partial charge on any atom is 0.355 e.